The van der Waals surface area contributed by atoms with E-state index in [0.717, 1.165) is 15.1 Å². The Kier molecular flexibility index (Phi) is 3.37. The van der Waals surface area contributed by atoms with Gasteiger partial charge in [0, 0.05) is 16.9 Å². The standard InChI is InChI=1S/C10H7ClIN3/c11-7-2-1-3-8(4-7)15-10-9(12)5-13-6-14-10/h1-6H,(H,13,14,15). The number of anilines is 2. The van der Waals surface area contributed by atoms with E-state index in [2.05, 4.69) is 37.9 Å². The highest BCUT2D eigenvalue weighted by Crippen LogP contribution is 2.21. The molecule has 1 N–H and O–H groups in total. The second-order valence-corrected chi connectivity index (χ2v) is 4.45. The van der Waals surface area contributed by atoms with E-state index in [-0.39, 0.29) is 0 Å². The molecule has 3 nitrogen and oxygen atoms in total. The first-order valence-corrected chi connectivity index (χ1v) is 5.69. The van der Waals surface area contributed by atoms with Gasteiger partial charge in [0.05, 0.1) is 3.57 Å². The van der Waals surface area contributed by atoms with Gasteiger partial charge in [-0.2, -0.15) is 0 Å². The minimum absolute atomic E-state index is 0.698. The Morgan fingerprint density at radius 2 is 2.20 bits per heavy atom. The van der Waals surface area contributed by atoms with Crippen molar-refractivity contribution in [2.24, 2.45) is 0 Å². The van der Waals surface area contributed by atoms with E-state index in [0.29, 0.717) is 5.02 Å². The molecule has 0 radical (unpaired) electrons. The lowest BCUT2D eigenvalue weighted by Gasteiger charge is -2.06. The zero-order chi connectivity index (χ0) is 10.7. The van der Waals surface area contributed by atoms with Crippen LogP contribution < -0.4 is 5.32 Å². The first-order chi connectivity index (χ1) is 7.25. The predicted molar refractivity (Wildman–Crippen MR) is 69.5 cm³/mol. The number of rotatable bonds is 2. The Morgan fingerprint density at radius 1 is 1.33 bits per heavy atom. The molecule has 0 unspecified atom stereocenters. The fraction of sp³-hybridized carbons (Fsp3) is 0. The average molecular weight is 332 g/mol. The van der Waals surface area contributed by atoms with Crippen molar-refractivity contribution >= 4 is 45.7 Å². The molecule has 2 aromatic rings. The van der Waals surface area contributed by atoms with Crippen LogP contribution in [0.3, 0.4) is 0 Å². The van der Waals surface area contributed by atoms with Crippen molar-refractivity contribution in [3.63, 3.8) is 0 Å². The van der Waals surface area contributed by atoms with Gasteiger partial charge in [0.2, 0.25) is 0 Å². The molecule has 0 fully saturated rings. The molecular weight excluding hydrogens is 324 g/mol. The van der Waals surface area contributed by atoms with Gasteiger partial charge >= 0.3 is 0 Å². The Morgan fingerprint density at radius 3 is 2.93 bits per heavy atom. The number of hydrogen-bond donors (Lipinski definition) is 1. The molecule has 76 valence electrons. The number of nitrogens with one attached hydrogen (secondary N) is 1. The quantitative estimate of drug-likeness (QED) is 0.856. The van der Waals surface area contributed by atoms with Crippen molar-refractivity contribution in [3.05, 3.63) is 45.4 Å². The molecule has 5 heteroatoms. The summed E-state index contributed by atoms with van der Waals surface area (Å²) in [5.41, 5.74) is 0.916. The molecule has 0 aliphatic heterocycles. The Bertz CT molecular complexity index is 476. The predicted octanol–water partition coefficient (Wildman–Crippen LogP) is 3.48. The summed E-state index contributed by atoms with van der Waals surface area (Å²) in [4.78, 5) is 8.05. The summed E-state index contributed by atoms with van der Waals surface area (Å²) < 4.78 is 0.968. The number of hydrogen-bond acceptors (Lipinski definition) is 3. The van der Waals surface area contributed by atoms with Gasteiger partial charge in [-0.3, -0.25) is 0 Å². The monoisotopic (exact) mass is 331 g/mol. The molecule has 0 saturated heterocycles. The van der Waals surface area contributed by atoms with Crippen LogP contribution in [0.25, 0.3) is 0 Å². The zero-order valence-corrected chi connectivity index (χ0v) is 10.5. The summed E-state index contributed by atoms with van der Waals surface area (Å²) in [5, 5.41) is 3.87. The highest BCUT2D eigenvalue weighted by Gasteiger charge is 2.00. The van der Waals surface area contributed by atoms with E-state index >= 15 is 0 Å². The number of aromatic nitrogens is 2. The molecule has 2 rings (SSSR count). The second kappa shape index (κ2) is 4.76. The molecule has 15 heavy (non-hydrogen) atoms. The Hall–Kier alpha value is -0.880. The van der Waals surface area contributed by atoms with Crippen LogP contribution in [-0.4, -0.2) is 9.97 Å². The van der Waals surface area contributed by atoms with Crippen molar-refractivity contribution in [1.82, 2.24) is 9.97 Å². The summed E-state index contributed by atoms with van der Waals surface area (Å²) in [6.45, 7) is 0. The Labute approximate surface area is 106 Å². The summed E-state index contributed by atoms with van der Waals surface area (Å²) in [7, 11) is 0. The summed E-state index contributed by atoms with van der Waals surface area (Å²) in [6, 6.07) is 7.50. The van der Waals surface area contributed by atoms with Crippen LogP contribution in [0.2, 0.25) is 5.02 Å². The lowest BCUT2D eigenvalue weighted by atomic mass is 10.3. The molecule has 0 saturated carbocycles. The SMILES string of the molecule is Clc1cccc(Nc2ncncc2I)c1. The third kappa shape index (κ3) is 2.79. The molecule has 1 heterocycles. The van der Waals surface area contributed by atoms with E-state index in [1.165, 1.54) is 6.33 Å². The fourth-order valence-corrected chi connectivity index (χ4v) is 1.73. The van der Waals surface area contributed by atoms with Crippen molar-refractivity contribution in [2.75, 3.05) is 5.32 Å². The van der Waals surface area contributed by atoms with Gasteiger partial charge in [-0.15, -0.1) is 0 Å². The molecule has 0 amide bonds. The van der Waals surface area contributed by atoms with E-state index in [1.54, 1.807) is 6.20 Å². The maximum absolute atomic E-state index is 5.88. The number of halogens is 2. The first-order valence-electron chi connectivity index (χ1n) is 4.24. The first kappa shape index (κ1) is 10.6. The van der Waals surface area contributed by atoms with Crippen LogP contribution in [0.4, 0.5) is 11.5 Å². The number of benzene rings is 1. The minimum atomic E-state index is 0.698. The highest BCUT2D eigenvalue weighted by atomic mass is 127. The van der Waals surface area contributed by atoms with Crippen LogP contribution in [0.1, 0.15) is 0 Å². The van der Waals surface area contributed by atoms with Crippen molar-refractivity contribution in [1.29, 1.82) is 0 Å². The van der Waals surface area contributed by atoms with Gasteiger partial charge in [0.15, 0.2) is 0 Å². The summed E-state index contributed by atoms with van der Waals surface area (Å²) in [5.74, 6) is 0.785. The van der Waals surface area contributed by atoms with Crippen LogP contribution in [0, 0.1) is 3.57 Å². The number of nitrogens with zero attached hydrogens (tertiary/aromatic N) is 2. The molecular formula is C10H7ClIN3. The lowest BCUT2D eigenvalue weighted by Crippen LogP contribution is -1.96. The molecule has 0 atom stereocenters. The van der Waals surface area contributed by atoms with Crippen molar-refractivity contribution in [3.8, 4) is 0 Å². The van der Waals surface area contributed by atoms with Crippen LogP contribution >= 0.6 is 34.2 Å². The van der Waals surface area contributed by atoms with Gasteiger partial charge in [0.1, 0.15) is 12.1 Å². The second-order valence-electron chi connectivity index (χ2n) is 2.85. The topological polar surface area (TPSA) is 37.8 Å². The molecule has 0 spiro atoms. The van der Waals surface area contributed by atoms with E-state index in [4.69, 9.17) is 11.6 Å². The molecule has 0 bridgehead atoms. The summed E-state index contributed by atoms with van der Waals surface area (Å²) in [6.07, 6.45) is 3.26. The molecule has 0 aliphatic carbocycles. The maximum Gasteiger partial charge on any atom is 0.147 e. The molecule has 1 aromatic heterocycles. The normalized spacial score (nSPS) is 10.0. The molecule has 1 aromatic carbocycles. The van der Waals surface area contributed by atoms with Gasteiger partial charge in [-0.25, -0.2) is 9.97 Å². The van der Waals surface area contributed by atoms with E-state index < -0.39 is 0 Å². The van der Waals surface area contributed by atoms with Crippen LogP contribution in [-0.2, 0) is 0 Å². The van der Waals surface area contributed by atoms with Gasteiger partial charge < -0.3 is 5.32 Å². The summed E-state index contributed by atoms with van der Waals surface area (Å²) >= 11 is 8.05. The maximum atomic E-state index is 5.88. The van der Waals surface area contributed by atoms with Gasteiger partial charge in [-0.1, -0.05) is 17.7 Å². The van der Waals surface area contributed by atoms with Crippen molar-refractivity contribution in [2.45, 2.75) is 0 Å². The Balaban J connectivity index is 2.26. The average Bonchev–Trinajstić information content (AvgIpc) is 2.22. The van der Waals surface area contributed by atoms with Gasteiger partial charge in [-0.05, 0) is 40.8 Å². The third-order valence-electron chi connectivity index (χ3n) is 1.75. The third-order valence-corrected chi connectivity index (χ3v) is 2.78. The smallest absolute Gasteiger partial charge is 0.147 e. The van der Waals surface area contributed by atoms with Gasteiger partial charge in [0.25, 0.3) is 0 Å². The minimum Gasteiger partial charge on any atom is -0.339 e. The molecule has 0 aliphatic rings. The van der Waals surface area contributed by atoms with E-state index in [9.17, 15) is 0 Å². The van der Waals surface area contributed by atoms with Crippen molar-refractivity contribution < 1.29 is 0 Å². The van der Waals surface area contributed by atoms with Crippen LogP contribution in [0.5, 0.6) is 0 Å². The largest absolute Gasteiger partial charge is 0.339 e. The van der Waals surface area contributed by atoms with Crippen LogP contribution in [0.15, 0.2) is 36.8 Å². The zero-order valence-electron chi connectivity index (χ0n) is 7.61. The van der Waals surface area contributed by atoms with E-state index in [1.807, 2.05) is 24.3 Å². The highest BCUT2D eigenvalue weighted by molar-refractivity contribution is 14.1. The lowest BCUT2D eigenvalue weighted by molar-refractivity contribution is 1.15. The fourth-order valence-electron chi connectivity index (χ4n) is 1.11.